The van der Waals surface area contributed by atoms with E-state index in [1.54, 1.807) is 0 Å². The van der Waals surface area contributed by atoms with Crippen molar-refractivity contribution in [2.24, 2.45) is 0 Å². The summed E-state index contributed by atoms with van der Waals surface area (Å²) < 4.78 is 9.77. The summed E-state index contributed by atoms with van der Waals surface area (Å²) in [6.45, 7) is 0. The molecule has 0 radical (unpaired) electrons. The third-order valence-electron chi connectivity index (χ3n) is 13.2. The van der Waals surface area contributed by atoms with Crippen molar-refractivity contribution in [1.29, 1.82) is 0 Å². The standard InChI is InChI=1S/C59H38N2O/c1-3-15-39(16-4-1)40-27-30-43(31-28-40)60(42-18-5-2-6-19-42)44-32-34-45(35-33-44)61-56-46-20-8-7-17-41(46)29-36-49(56)50-37-38-54-58(57(50)61)62-55-26-14-13-25-53(55)59(54)51-23-11-9-21-47(51)48-22-10-12-24-52(48)59/h1-38H. The van der Waals surface area contributed by atoms with E-state index in [1.807, 2.05) is 0 Å². The lowest BCUT2D eigenvalue weighted by molar-refractivity contribution is 0.440. The van der Waals surface area contributed by atoms with Gasteiger partial charge in [0.1, 0.15) is 5.75 Å². The number of nitrogens with zero attached hydrogens (tertiary/aromatic N) is 2. The number of benzene rings is 10. The number of para-hydroxylation sites is 2. The van der Waals surface area contributed by atoms with Gasteiger partial charge in [-0.05, 0) is 93.4 Å². The fraction of sp³-hybridized carbons (Fsp3) is 0.0169. The molecule has 11 aromatic rings. The van der Waals surface area contributed by atoms with Crippen LogP contribution in [0.5, 0.6) is 11.5 Å². The van der Waals surface area contributed by atoms with Gasteiger partial charge in [-0.3, -0.25) is 0 Å². The Morgan fingerprint density at radius 1 is 0.355 bits per heavy atom. The van der Waals surface area contributed by atoms with Gasteiger partial charge in [0.2, 0.25) is 0 Å². The van der Waals surface area contributed by atoms with E-state index in [2.05, 4.69) is 240 Å². The molecule has 0 bridgehead atoms. The Labute approximate surface area is 360 Å². The largest absolute Gasteiger partial charge is 0.454 e. The Hall–Kier alpha value is -8.14. The van der Waals surface area contributed by atoms with Crippen LogP contribution in [0.1, 0.15) is 22.3 Å². The summed E-state index contributed by atoms with van der Waals surface area (Å²) in [5, 5.41) is 4.75. The summed E-state index contributed by atoms with van der Waals surface area (Å²) in [5.74, 6) is 1.77. The highest BCUT2D eigenvalue weighted by molar-refractivity contribution is 6.20. The van der Waals surface area contributed by atoms with Gasteiger partial charge in [0.05, 0.1) is 16.4 Å². The first kappa shape index (κ1) is 34.7. The molecular formula is C59H38N2O. The van der Waals surface area contributed by atoms with Gasteiger partial charge in [0.25, 0.3) is 0 Å². The lowest BCUT2D eigenvalue weighted by Crippen LogP contribution is -2.32. The molecular weight excluding hydrogens is 753 g/mol. The molecule has 0 saturated carbocycles. The number of hydrogen-bond acceptors (Lipinski definition) is 2. The molecule has 0 amide bonds. The minimum absolute atomic E-state index is 0.564. The van der Waals surface area contributed by atoms with E-state index >= 15 is 0 Å². The van der Waals surface area contributed by atoms with E-state index < -0.39 is 5.41 Å². The van der Waals surface area contributed by atoms with Gasteiger partial charge < -0.3 is 14.2 Å². The van der Waals surface area contributed by atoms with E-state index in [4.69, 9.17) is 4.74 Å². The highest BCUT2D eigenvalue weighted by atomic mass is 16.5. The molecule has 0 atom stereocenters. The second-order valence-corrected chi connectivity index (χ2v) is 16.4. The summed E-state index contributed by atoms with van der Waals surface area (Å²) >= 11 is 0. The SMILES string of the molecule is c1ccc(-c2ccc(N(c3ccccc3)c3ccc(-n4c5c6c(ccc5c5ccc7ccccc7c54)C4(c5ccccc5O6)c5ccccc5-c5ccccc54)cc3)cc2)cc1. The third kappa shape index (κ3) is 4.88. The Kier molecular flexibility index (Phi) is 7.52. The van der Waals surface area contributed by atoms with Crippen LogP contribution in [0.25, 0.3) is 60.5 Å². The van der Waals surface area contributed by atoms with Crippen molar-refractivity contribution >= 4 is 49.6 Å². The van der Waals surface area contributed by atoms with Gasteiger partial charge in [-0.25, -0.2) is 0 Å². The number of fused-ring (bicyclic) bond motifs is 15. The van der Waals surface area contributed by atoms with Crippen LogP contribution in [-0.4, -0.2) is 4.57 Å². The van der Waals surface area contributed by atoms with Crippen molar-refractivity contribution < 1.29 is 4.74 Å². The van der Waals surface area contributed by atoms with Gasteiger partial charge in [-0.15, -0.1) is 0 Å². The monoisotopic (exact) mass is 790 g/mol. The molecule has 0 fully saturated rings. The van der Waals surface area contributed by atoms with Gasteiger partial charge in [0, 0.05) is 50.0 Å². The van der Waals surface area contributed by atoms with E-state index in [0.29, 0.717) is 0 Å². The van der Waals surface area contributed by atoms with Crippen LogP contribution in [0.4, 0.5) is 17.1 Å². The normalized spacial score (nSPS) is 13.1. The second kappa shape index (κ2) is 13.4. The van der Waals surface area contributed by atoms with E-state index in [9.17, 15) is 0 Å². The van der Waals surface area contributed by atoms with Gasteiger partial charge >= 0.3 is 0 Å². The maximum atomic E-state index is 7.30. The highest BCUT2D eigenvalue weighted by Gasteiger charge is 2.51. The Balaban J connectivity index is 1.06. The van der Waals surface area contributed by atoms with E-state index in [-0.39, 0.29) is 0 Å². The summed E-state index contributed by atoms with van der Waals surface area (Å²) in [5.41, 5.74) is 15.8. The van der Waals surface area contributed by atoms with E-state index in [1.165, 1.54) is 60.6 Å². The van der Waals surface area contributed by atoms with Gasteiger partial charge in [0.15, 0.2) is 5.75 Å². The zero-order chi connectivity index (χ0) is 40.8. The van der Waals surface area contributed by atoms with Crippen LogP contribution in [0.15, 0.2) is 231 Å². The Bertz CT molecular complexity index is 3490. The van der Waals surface area contributed by atoms with Gasteiger partial charge in [-0.1, -0.05) is 176 Å². The molecule has 2 heterocycles. The molecule has 3 nitrogen and oxygen atoms in total. The third-order valence-corrected chi connectivity index (χ3v) is 13.2. The molecule has 13 rings (SSSR count). The van der Waals surface area contributed by atoms with Crippen LogP contribution in [0.2, 0.25) is 0 Å². The second-order valence-electron chi connectivity index (χ2n) is 16.4. The molecule has 1 aliphatic heterocycles. The zero-order valence-electron chi connectivity index (χ0n) is 33.7. The number of ether oxygens (including phenoxy) is 1. The van der Waals surface area contributed by atoms with Crippen LogP contribution >= 0.6 is 0 Å². The summed E-state index contributed by atoms with van der Waals surface area (Å²) in [6, 6.07) is 83.6. The number of anilines is 3. The fourth-order valence-corrected chi connectivity index (χ4v) is 10.6. The molecule has 0 saturated heterocycles. The lowest BCUT2D eigenvalue weighted by Gasteiger charge is -2.39. The molecule has 62 heavy (non-hydrogen) atoms. The first-order valence-corrected chi connectivity index (χ1v) is 21.3. The topological polar surface area (TPSA) is 17.4 Å². The highest BCUT2D eigenvalue weighted by Crippen LogP contribution is 2.63. The molecule has 3 heteroatoms. The predicted octanol–water partition coefficient (Wildman–Crippen LogP) is 15.5. The van der Waals surface area contributed by atoms with Crippen molar-refractivity contribution in [3.63, 3.8) is 0 Å². The van der Waals surface area contributed by atoms with E-state index in [0.717, 1.165) is 50.7 Å². The molecule has 1 aliphatic carbocycles. The van der Waals surface area contributed by atoms with Crippen molar-refractivity contribution in [2.75, 3.05) is 4.90 Å². The number of rotatable bonds is 5. The average molecular weight is 791 g/mol. The molecule has 0 N–H and O–H groups in total. The van der Waals surface area contributed by atoms with Crippen LogP contribution in [0, 0.1) is 0 Å². The lowest BCUT2D eigenvalue weighted by atomic mass is 9.66. The van der Waals surface area contributed by atoms with Crippen LogP contribution in [0.3, 0.4) is 0 Å². The van der Waals surface area contributed by atoms with Crippen molar-refractivity contribution in [1.82, 2.24) is 4.57 Å². The minimum Gasteiger partial charge on any atom is -0.454 e. The quantitative estimate of drug-likeness (QED) is 0.173. The average Bonchev–Trinajstić information content (AvgIpc) is 3.84. The predicted molar refractivity (Wildman–Crippen MR) is 256 cm³/mol. The molecule has 290 valence electrons. The summed E-state index contributed by atoms with van der Waals surface area (Å²) in [7, 11) is 0. The maximum absolute atomic E-state index is 7.30. The summed E-state index contributed by atoms with van der Waals surface area (Å²) in [6.07, 6.45) is 0. The van der Waals surface area contributed by atoms with Crippen molar-refractivity contribution in [3.05, 3.63) is 253 Å². The van der Waals surface area contributed by atoms with Crippen molar-refractivity contribution in [3.8, 4) is 39.4 Å². The fourth-order valence-electron chi connectivity index (χ4n) is 10.6. The smallest absolute Gasteiger partial charge is 0.156 e. The molecule has 1 spiro atoms. The zero-order valence-corrected chi connectivity index (χ0v) is 33.7. The molecule has 2 aliphatic rings. The van der Waals surface area contributed by atoms with Gasteiger partial charge in [-0.2, -0.15) is 0 Å². The maximum Gasteiger partial charge on any atom is 0.156 e. The molecule has 0 unspecified atom stereocenters. The first-order chi connectivity index (χ1) is 30.8. The van der Waals surface area contributed by atoms with Crippen LogP contribution in [-0.2, 0) is 5.41 Å². The number of hydrogen-bond donors (Lipinski definition) is 0. The van der Waals surface area contributed by atoms with Crippen LogP contribution < -0.4 is 9.64 Å². The first-order valence-electron chi connectivity index (χ1n) is 21.3. The minimum atomic E-state index is -0.564. The molecule has 1 aromatic heterocycles. The molecule has 10 aromatic carbocycles. The van der Waals surface area contributed by atoms with Crippen molar-refractivity contribution in [2.45, 2.75) is 5.41 Å². The Morgan fingerprint density at radius 3 is 1.61 bits per heavy atom. The Morgan fingerprint density at radius 2 is 0.887 bits per heavy atom. The summed E-state index contributed by atoms with van der Waals surface area (Å²) in [4.78, 5) is 2.33. The number of aromatic nitrogens is 1.